The van der Waals surface area contributed by atoms with Gasteiger partial charge >= 0.3 is 6.09 Å². The number of phenolic OH excluding ortho intramolecular Hbond substituents is 1. The van der Waals surface area contributed by atoms with Gasteiger partial charge in [-0.1, -0.05) is 0 Å². The Balaban J connectivity index is 1.87. The number of fused-ring (bicyclic) bond motifs is 1. The molecule has 29 heavy (non-hydrogen) atoms. The van der Waals surface area contributed by atoms with Gasteiger partial charge in [0.05, 0.1) is 6.07 Å². The topological polar surface area (TPSA) is 118 Å². The summed E-state index contributed by atoms with van der Waals surface area (Å²) in [5.41, 5.74) is 0.892. The fraction of sp³-hybridized carbons (Fsp3) is 0.476. The van der Waals surface area contributed by atoms with E-state index in [0.29, 0.717) is 13.0 Å². The first-order valence-corrected chi connectivity index (χ1v) is 9.66. The average Bonchev–Trinajstić information content (AvgIpc) is 3.25. The number of rotatable bonds is 4. The van der Waals surface area contributed by atoms with Crippen molar-refractivity contribution < 1.29 is 19.4 Å². The molecule has 0 unspecified atom stereocenters. The highest BCUT2D eigenvalue weighted by Crippen LogP contribution is 2.25. The maximum absolute atomic E-state index is 13.2. The SMILES string of the molecule is CC(C)(C)OC(=O)N[C@@H](Cc1c[nH]c2ccc(O)cc12)C(=O)N1CCC[C@H]1C#N. The highest BCUT2D eigenvalue weighted by molar-refractivity contribution is 5.89. The maximum Gasteiger partial charge on any atom is 0.408 e. The van der Waals surface area contributed by atoms with Crippen molar-refractivity contribution in [1.82, 2.24) is 15.2 Å². The fourth-order valence-corrected chi connectivity index (χ4v) is 3.57. The van der Waals surface area contributed by atoms with Gasteiger partial charge in [-0.05, 0) is 57.4 Å². The number of H-pyrrole nitrogens is 1. The number of aromatic hydroxyl groups is 1. The zero-order valence-corrected chi connectivity index (χ0v) is 16.9. The van der Waals surface area contributed by atoms with E-state index in [0.717, 1.165) is 22.9 Å². The lowest BCUT2D eigenvalue weighted by molar-refractivity contribution is -0.133. The van der Waals surface area contributed by atoms with Gasteiger partial charge in [0, 0.05) is 30.1 Å². The number of aromatic amines is 1. The van der Waals surface area contributed by atoms with E-state index in [1.165, 1.54) is 4.90 Å². The zero-order chi connectivity index (χ0) is 21.2. The molecule has 0 bridgehead atoms. The van der Waals surface area contributed by atoms with Crippen LogP contribution < -0.4 is 5.32 Å². The standard InChI is InChI=1S/C21H26N4O4/c1-21(2,3)29-20(28)24-18(19(27)25-8-4-5-14(25)11-22)9-13-12-23-17-7-6-15(26)10-16(13)17/h6-7,10,12,14,18,23,26H,4-5,8-9H2,1-3H3,(H,24,28)/t14-,18-/m0/s1. The van der Waals surface area contributed by atoms with Gasteiger partial charge in [-0.25, -0.2) is 4.79 Å². The van der Waals surface area contributed by atoms with Gasteiger partial charge < -0.3 is 25.0 Å². The Morgan fingerprint density at radius 2 is 2.21 bits per heavy atom. The van der Waals surface area contributed by atoms with Gasteiger partial charge in [-0.3, -0.25) is 4.79 Å². The van der Waals surface area contributed by atoms with Crippen LogP contribution in [-0.2, 0) is 16.0 Å². The van der Waals surface area contributed by atoms with E-state index in [1.54, 1.807) is 45.2 Å². The molecule has 1 aliphatic heterocycles. The number of carbonyl (C=O) groups is 2. The Labute approximate surface area is 169 Å². The summed E-state index contributed by atoms with van der Waals surface area (Å²) >= 11 is 0. The van der Waals surface area contributed by atoms with E-state index < -0.39 is 23.8 Å². The molecule has 3 N–H and O–H groups in total. The van der Waals surface area contributed by atoms with Crippen molar-refractivity contribution in [3.05, 3.63) is 30.0 Å². The largest absolute Gasteiger partial charge is 0.508 e. The molecule has 2 atom stereocenters. The molecule has 8 heteroatoms. The number of aromatic nitrogens is 1. The molecule has 2 amide bonds. The molecule has 154 valence electrons. The van der Waals surface area contributed by atoms with Crippen molar-refractivity contribution in [1.29, 1.82) is 5.26 Å². The molecule has 1 fully saturated rings. The van der Waals surface area contributed by atoms with Crippen LogP contribution in [0.5, 0.6) is 5.75 Å². The lowest BCUT2D eigenvalue weighted by Gasteiger charge is -2.27. The average molecular weight is 398 g/mol. The Morgan fingerprint density at radius 1 is 1.45 bits per heavy atom. The maximum atomic E-state index is 13.2. The number of hydrogen-bond acceptors (Lipinski definition) is 5. The lowest BCUT2D eigenvalue weighted by atomic mass is 10.0. The molecule has 1 saturated heterocycles. The van der Waals surface area contributed by atoms with Crippen LogP contribution in [0.1, 0.15) is 39.2 Å². The van der Waals surface area contributed by atoms with Crippen LogP contribution in [0.4, 0.5) is 4.79 Å². The van der Waals surface area contributed by atoms with Gasteiger partial charge in [0.2, 0.25) is 5.91 Å². The number of likely N-dealkylation sites (tertiary alicyclic amines) is 1. The normalized spacial score (nSPS) is 17.7. The van der Waals surface area contributed by atoms with Gasteiger partial charge in [0.25, 0.3) is 0 Å². The number of phenols is 1. The minimum absolute atomic E-state index is 0.116. The van der Waals surface area contributed by atoms with Crippen LogP contribution in [0.2, 0.25) is 0 Å². The molecule has 0 spiro atoms. The van der Waals surface area contributed by atoms with Gasteiger partial charge in [0.15, 0.2) is 0 Å². The lowest BCUT2D eigenvalue weighted by Crippen LogP contribution is -2.51. The quantitative estimate of drug-likeness (QED) is 0.732. The molecule has 0 aliphatic carbocycles. The Bertz CT molecular complexity index is 954. The van der Waals surface area contributed by atoms with E-state index in [1.807, 2.05) is 0 Å². The molecule has 2 heterocycles. The highest BCUT2D eigenvalue weighted by atomic mass is 16.6. The van der Waals surface area contributed by atoms with Crippen LogP contribution in [0.15, 0.2) is 24.4 Å². The summed E-state index contributed by atoms with van der Waals surface area (Å²) in [6, 6.07) is 5.72. The summed E-state index contributed by atoms with van der Waals surface area (Å²) in [4.78, 5) is 30.2. The number of ether oxygens (including phenoxy) is 1. The minimum Gasteiger partial charge on any atom is -0.508 e. The summed E-state index contributed by atoms with van der Waals surface area (Å²) in [5.74, 6) is -0.195. The third-order valence-corrected chi connectivity index (χ3v) is 4.85. The summed E-state index contributed by atoms with van der Waals surface area (Å²) in [6.07, 6.45) is 2.65. The second kappa shape index (κ2) is 8.03. The van der Waals surface area contributed by atoms with Crippen LogP contribution in [-0.4, -0.2) is 51.2 Å². The number of nitrogens with zero attached hydrogens (tertiary/aromatic N) is 2. The fourth-order valence-electron chi connectivity index (χ4n) is 3.57. The van der Waals surface area contributed by atoms with Crippen molar-refractivity contribution in [2.24, 2.45) is 0 Å². The summed E-state index contributed by atoms with van der Waals surface area (Å²) in [5, 5.41) is 22.6. The molecular formula is C21H26N4O4. The molecule has 8 nitrogen and oxygen atoms in total. The molecule has 1 aromatic heterocycles. The number of hydrogen-bond donors (Lipinski definition) is 3. The molecule has 2 aromatic rings. The number of nitrogens with one attached hydrogen (secondary N) is 2. The Morgan fingerprint density at radius 3 is 2.90 bits per heavy atom. The number of amides is 2. The predicted octanol–water partition coefficient (Wildman–Crippen LogP) is 2.82. The first-order chi connectivity index (χ1) is 13.7. The smallest absolute Gasteiger partial charge is 0.408 e. The number of carbonyl (C=O) groups excluding carboxylic acids is 2. The highest BCUT2D eigenvalue weighted by Gasteiger charge is 2.35. The van der Waals surface area contributed by atoms with Crippen LogP contribution >= 0.6 is 0 Å². The predicted molar refractivity (Wildman–Crippen MR) is 107 cm³/mol. The summed E-state index contributed by atoms with van der Waals surface area (Å²) in [6.45, 7) is 5.73. The van der Waals surface area contributed by atoms with Crippen molar-refractivity contribution in [3.8, 4) is 11.8 Å². The number of nitriles is 1. The second-order valence-electron chi connectivity index (χ2n) is 8.27. The van der Waals surface area contributed by atoms with Crippen LogP contribution in [0.25, 0.3) is 10.9 Å². The van der Waals surface area contributed by atoms with Crippen molar-refractivity contribution in [2.75, 3.05) is 6.54 Å². The third kappa shape index (κ3) is 4.80. The van der Waals surface area contributed by atoms with E-state index >= 15 is 0 Å². The molecule has 1 aromatic carbocycles. The van der Waals surface area contributed by atoms with E-state index in [9.17, 15) is 20.0 Å². The molecular weight excluding hydrogens is 372 g/mol. The van der Waals surface area contributed by atoms with Gasteiger partial charge in [0.1, 0.15) is 23.4 Å². The summed E-state index contributed by atoms with van der Waals surface area (Å²) in [7, 11) is 0. The van der Waals surface area contributed by atoms with E-state index in [4.69, 9.17) is 4.74 Å². The molecule has 3 rings (SSSR count). The molecule has 1 aliphatic rings. The van der Waals surface area contributed by atoms with Gasteiger partial charge in [-0.15, -0.1) is 0 Å². The monoisotopic (exact) mass is 398 g/mol. The first kappa shape index (κ1) is 20.5. The summed E-state index contributed by atoms with van der Waals surface area (Å²) < 4.78 is 5.33. The van der Waals surface area contributed by atoms with E-state index in [2.05, 4.69) is 16.4 Å². The third-order valence-electron chi connectivity index (χ3n) is 4.85. The Hall–Kier alpha value is -3.21. The minimum atomic E-state index is -0.889. The second-order valence-corrected chi connectivity index (χ2v) is 8.27. The number of alkyl carbamates (subject to hydrolysis) is 1. The van der Waals surface area contributed by atoms with Crippen molar-refractivity contribution >= 4 is 22.9 Å². The Kier molecular flexibility index (Phi) is 5.69. The van der Waals surface area contributed by atoms with Crippen LogP contribution in [0, 0.1) is 11.3 Å². The molecule has 0 radical (unpaired) electrons. The zero-order valence-electron chi connectivity index (χ0n) is 16.9. The first-order valence-electron chi connectivity index (χ1n) is 9.66. The van der Waals surface area contributed by atoms with Crippen LogP contribution in [0.3, 0.4) is 0 Å². The molecule has 0 saturated carbocycles. The van der Waals surface area contributed by atoms with Crippen molar-refractivity contribution in [3.63, 3.8) is 0 Å². The van der Waals surface area contributed by atoms with Crippen molar-refractivity contribution in [2.45, 2.75) is 57.7 Å². The number of benzene rings is 1. The van der Waals surface area contributed by atoms with Gasteiger partial charge in [-0.2, -0.15) is 5.26 Å². The van der Waals surface area contributed by atoms with E-state index in [-0.39, 0.29) is 18.1 Å².